The molecule has 3 aromatic carbocycles. The zero-order valence-corrected chi connectivity index (χ0v) is 23.7. The molecular weight excluding hydrogens is 568 g/mol. The Bertz CT molecular complexity index is 1570. The molecule has 14 nitrogen and oxygen atoms in total. The van der Waals surface area contributed by atoms with Crippen LogP contribution in [0.1, 0.15) is 34.8 Å². The zero-order chi connectivity index (χ0) is 31.4. The number of hydrogen-bond donors (Lipinski definition) is 4. The van der Waals surface area contributed by atoms with Gasteiger partial charge in [0.1, 0.15) is 5.75 Å². The average molecular weight is 601 g/mol. The first-order valence-electron chi connectivity index (χ1n) is 13.8. The van der Waals surface area contributed by atoms with Crippen LogP contribution in [-0.4, -0.2) is 65.1 Å². The first-order chi connectivity index (χ1) is 21.4. The second-order valence-corrected chi connectivity index (χ2v) is 9.92. The molecule has 1 amide bonds. The summed E-state index contributed by atoms with van der Waals surface area (Å²) in [6.07, 6.45) is -1.86. The van der Waals surface area contributed by atoms with Crippen LogP contribution in [0.4, 0.5) is 5.69 Å². The van der Waals surface area contributed by atoms with Gasteiger partial charge < -0.3 is 30.1 Å². The van der Waals surface area contributed by atoms with E-state index in [9.17, 15) is 20.5 Å². The molecule has 0 saturated carbocycles. The summed E-state index contributed by atoms with van der Waals surface area (Å²) in [6, 6.07) is 20.7. The zero-order valence-electron chi connectivity index (χ0n) is 23.7. The van der Waals surface area contributed by atoms with Crippen LogP contribution in [0.5, 0.6) is 5.75 Å². The Kier molecular flexibility index (Phi) is 11.1. The molecule has 0 spiro atoms. The Morgan fingerprint density at radius 1 is 1.05 bits per heavy atom. The molecule has 1 heterocycles. The first-order valence-corrected chi connectivity index (χ1v) is 13.8. The maximum Gasteiger partial charge on any atom is 0.252 e. The molecule has 0 aliphatic carbocycles. The molecule has 4 N–H and O–H groups in total. The van der Waals surface area contributed by atoms with E-state index >= 15 is 0 Å². The molecule has 1 aliphatic heterocycles. The summed E-state index contributed by atoms with van der Waals surface area (Å²) in [5, 5.41) is 38.7. The van der Waals surface area contributed by atoms with Gasteiger partial charge in [-0.2, -0.15) is 0 Å². The predicted octanol–water partition coefficient (Wildman–Crippen LogP) is 4.17. The summed E-state index contributed by atoms with van der Waals surface area (Å²) in [6.45, 7) is -0.449. The van der Waals surface area contributed by atoms with E-state index in [0.717, 1.165) is 0 Å². The highest BCUT2D eigenvalue weighted by Gasteiger charge is 2.54. The first kappa shape index (κ1) is 31.8. The summed E-state index contributed by atoms with van der Waals surface area (Å²) in [5.74, 6) is 0.0985. The Labute approximate surface area is 252 Å². The summed E-state index contributed by atoms with van der Waals surface area (Å²) >= 11 is 0. The molecule has 14 heteroatoms. The normalized spacial score (nSPS) is 17.8. The molecule has 0 radical (unpaired) electrons. The van der Waals surface area contributed by atoms with Gasteiger partial charge in [-0.05, 0) is 46.5 Å². The van der Waals surface area contributed by atoms with Crippen molar-refractivity contribution in [3.63, 3.8) is 0 Å². The van der Waals surface area contributed by atoms with Crippen LogP contribution in [0.2, 0.25) is 0 Å². The van der Waals surface area contributed by atoms with Gasteiger partial charge in [-0.15, -0.1) is 0 Å². The molecular formula is C30H32N8O6. The number of nitrogens with one attached hydrogen (secondary N) is 1. The molecule has 0 fully saturated rings. The fraction of sp³-hybridized carbons (Fsp3) is 0.333. The minimum absolute atomic E-state index is 0.00685. The average Bonchev–Trinajstić information content (AvgIpc) is 3.44. The van der Waals surface area contributed by atoms with Gasteiger partial charge in [0.25, 0.3) is 5.91 Å². The van der Waals surface area contributed by atoms with E-state index < -0.39 is 30.3 Å². The van der Waals surface area contributed by atoms with Gasteiger partial charge in [-0.3, -0.25) is 4.79 Å². The molecule has 0 bridgehead atoms. The van der Waals surface area contributed by atoms with Crippen molar-refractivity contribution in [2.45, 2.75) is 37.1 Å². The maximum absolute atomic E-state index is 14.2. The number of aliphatic imine (C=N–C) groups is 1. The topological polar surface area (TPSA) is 218 Å². The van der Waals surface area contributed by atoms with Crippen LogP contribution in [0, 0.1) is 0 Å². The lowest BCUT2D eigenvalue weighted by Crippen LogP contribution is -2.51. The van der Waals surface area contributed by atoms with E-state index in [-0.39, 0.29) is 37.7 Å². The van der Waals surface area contributed by atoms with Gasteiger partial charge in [-0.25, -0.2) is 4.99 Å². The number of aliphatic hydroxyl groups is 3. The standard InChI is InChI=1S/C30H32N8O6/c31-37-34-17-22-7-2-1-6-21(22)16-30(29(42)33-18-23(41)19-40)27(25-8-3-4-9-26(25)36-38-32)44-28(35-30)20-10-12-24(13-11-20)43-15-5-14-39/h1-4,6-13,23,27,39-41H,5,14-19H2,(H,33,42)/t23?,27-,30-/m1/s1. The van der Waals surface area contributed by atoms with Crippen molar-refractivity contribution in [3.8, 4) is 5.75 Å². The predicted molar refractivity (Wildman–Crippen MR) is 161 cm³/mol. The molecule has 1 unspecified atom stereocenters. The Hall–Kier alpha value is -5.10. The molecule has 0 saturated heterocycles. The highest BCUT2D eigenvalue weighted by Crippen LogP contribution is 2.45. The van der Waals surface area contributed by atoms with Gasteiger partial charge in [0.2, 0.25) is 5.90 Å². The molecule has 0 aromatic heterocycles. The van der Waals surface area contributed by atoms with Crippen molar-refractivity contribution in [3.05, 3.63) is 116 Å². The lowest BCUT2D eigenvalue weighted by atomic mass is 9.80. The largest absolute Gasteiger partial charge is 0.494 e. The van der Waals surface area contributed by atoms with Crippen molar-refractivity contribution >= 4 is 17.5 Å². The van der Waals surface area contributed by atoms with Crippen LogP contribution in [0.25, 0.3) is 20.9 Å². The fourth-order valence-corrected chi connectivity index (χ4v) is 4.82. The van der Waals surface area contributed by atoms with Crippen molar-refractivity contribution in [1.82, 2.24) is 5.32 Å². The van der Waals surface area contributed by atoms with E-state index in [1.807, 2.05) is 0 Å². The number of carbonyl (C=O) groups is 1. The van der Waals surface area contributed by atoms with E-state index in [4.69, 9.17) is 25.1 Å². The van der Waals surface area contributed by atoms with Crippen molar-refractivity contribution < 1.29 is 29.6 Å². The third-order valence-electron chi connectivity index (χ3n) is 6.99. The van der Waals surface area contributed by atoms with E-state index in [0.29, 0.717) is 41.0 Å². The smallest absolute Gasteiger partial charge is 0.252 e. The number of benzene rings is 3. The SMILES string of the molecule is [N-]=[N+]=NCc1ccccc1C[C@@]1(C(=O)NCC(O)CO)N=C(c2ccc(OCCCO)cc2)O[C@@H]1c1ccccc1N=[N+]=[N-]. The summed E-state index contributed by atoms with van der Waals surface area (Å²) in [7, 11) is 0. The number of ether oxygens (including phenoxy) is 2. The second kappa shape index (κ2) is 15.4. The number of azide groups is 2. The van der Waals surface area contributed by atoms with Crippen molar-refractivity contribution in [2.75, 3.05) is 26.4 Å². The van der Waals surface area contributed by atoms with E-state index in [2.05, 4.69) is 25.4 Å². The molecule has 3 aromatic rings. The van der Waals surface area contributed by atoms with E-state index in [1.165, 1.54) is 0 Å². The van der Waals surface area contributed by atoms with Gasteiger partial charge >= 0.3 is 0 Å². The third kappa shape index (κ3) is 7.45. The highest BCUT2D eigenvalue weighted by molar-refractivity contribution is 6.01. The monoisotopic (exact) mass is 600 g/mol. The summed E-state index contributed by atoms with van der Waals surface area (Å²) < 4.78 is 12.1. The third-order valence-corrected chi connectivity index (χ3v) is 6.99. The van der Waals surface area contributed by atoms with Crippen molar-refractivity contribution in [2.24, 2.45) is 15.2 Å². The Morgan fingerprint density at radius 2 is 1.77 bits per heavy atom. The van der Waals surface area contributed by atoms with Crippen LogP contribution in [-0.2, 0) is 22.5 Å². The van der Waals surface area contributed by atoms with Gasteiger partial charge in [0, 0.05) is 52.6 Å². The van der Waals surface area contributed by atoms with Crippen LogP contribution in [0.15, 0.2) is 88.0 Å². The number of carbonyl (C=O) groups excluding carboxylic acids is 1. The van der Waals surface area contributed by atoms with Crippen molar-refractivity contribution in [1.29, 1.82) is 0 Å². The lowest BCUT2D eigenvalue weighted by Gasteiger charge is -2.32. The number of amides is 1. The van der Waals surface area contributed by atoms with Crippen LogP contribution < -0.4 is 10.1 Å². The van der Waals surface area contributed by atoms with E-state index in [1.54, 1.807) is 72.8 Å². The highest BCUT2D eigenvalue weighted by atomic mass is 16.5. The fourth-order valence-electron chi connectivity index (χ4n) is 4.82. The Balaban J connectivity index is 1.87. The van der Waals surface area contributed by atoms with Gasteiger partial charge in [0.05, 0.1) is 25.9 Å². The summed E-state index contributed by atoms with van der Waals surface area (Å²) in [5.41, 5.74) is 19.0. The quantitative estimate of drug-likeness (QED) is 0.0867. The minimum Gasteiger partial charge on any atom is -0.494 e. The van der Waals surface area contributed by atoms with Crippen LogP contribution in [0.3, 0.4) is 0 Å². The van der Waals surface area contributed by atoms with Gasteiger partial charge in [-0.1, -0.05) is 58.8 Å². The lowest BCUT2D eigenvalue weighted by molar-refractivity contribution is -0.129. The Morgan fingerprint density at radius 3 is 2.48 bits per heavy atom. The number of hydrogen-bond acceptors (Lipinski definition) is 9. The number of aliphatic hydroxyl groups excluding tert-OH is 3. The summed E-state index contributed by atoms with van der Waals surface area (Å²) in [4.78, 5) is 24.9. The maximum atomic E-state index is 14.2. The molecule has 44 heavy (non-hydrogen) atoms. The second-order valence-electron chi connectivity index (χ2n) is 9.92. The molecule has 228 valence electrons. The molecule has 1 aliphatic rings. The minimum atomic E-state index is -1.70. The molecule has 4 rings (SSSR count). The van der Waals surface area contributed by atoms with Crippen LogP contribution >= 0.6 is 0 Å². The number of nitrogens with zero attached hydrogens (tertiary/aromatic N) is 7. The number of rotatable bonds is 15. The van der Waals surface area contributed by atoms with Gasteiger partial charge in [0.15, 0.2) is 11.6 Å². The molecule has 3 atom stereocenters.